The van der Waals surface area contributed by atoms with Crippen LogP contribution in [-0.2, 0) is 14.3 Å². The van der Waals surface area contributed by atoms with Gasteiger partial charge in [0.15, 0.2) is 6.61 Å². The lowest BCUT2D eigenvalue weighted by Gasteiger charge is -2.74. The molecule has 0 saturated heterocycles. The second-order valence-electron chi connectivity index (χ2n) is 10.2. The molecule has 2 aromatic rings. The zero-order chi connectivity index (χ0) is 25.6. The Labute approximate surface area is 214 Å². The van der Waals surface area contributed by atoms with E-state index in [-0.39, 0.29) is 29.6 Å². The predicted octanol–water partition coefficient (Wildman–Crippen LogP) is 4.20. The van der Waals surface area contributed by atoms with E-state index in [0.29, 0.717) is 25.4 Å². The number of rotatable bonds is 14. The van der Waals surface area contributed by atoms with Gasteiger partial charge in [-0.2, -0.15) is 0 Å². The molecule has 7 heteroatoms. The summed E-state index contributed by atoms with van der Waals surface area (Å²) in [7, 11) is 0. The molecule has 2 aromatic carbocycles. The second-order valence-corrected chi connectivity index (χ2v) is 10.2. The van der Waals surface area contributed by atoms with Gasteiger partial charge >= 0.3 is 5.97 Å². The van der Waals surface area contributed by atoms with Crippen LogP contribution < -0.4 is 14.8 Å². The van der Waals surface area contributed by atoms with Gasteiger partial charge in [0.1, 0.15) is 18.1 Å². The second kappa shape index (κ2) is 11.3. The van der Waals surface area contributed by atoms with Gasteiger partial charge in [-0.25, -0.2) is 0 Å². The van der Waals surface area contributed by atoms with Gasteiger partial charge in [-0.1, -0.05) is 35.4 Å². The molecule has 0 heterocycles. The van der Waals surface area contributed by atoms with Crippen LogP contribution >= 0.6 is 0 Å². The third-order valence-electron chi connectivity index (χ3n) is 7.23. The average molecular weight is 495 g/mol. The summed E-state index contributed by atoms with van der Waals surface area (Å²) in [6, 6.07) is 15.8. The molecule has 0 unspecified atom stereocenters. The Kier molecular flexibility index (Phi) is 8.19. The topological polar surface area (TPSA) is 77.1 Å². The fourth-order valence-corrected chi connectivity index (χ4v) is 5.46. The first kappa shape index (κ1) is 26.0. The summed E-state index contributed by atoms with van der Waals surface area (Å²) in [4.78, 5) is 26.8. The third-order valence-corrected chi connectivity index (χ3v) is 7.23. The van der Waals surface area contributed by atoms with Crippen molar-refractivity contribution in [1.82, 2.24) is 10.2 Å². The molecule has 5 rings (SSSR count). The van der Waals surface area contributed by atoms with Gasteiger partial charge in [0.2, 0.25) is 0 Å². The van der Waals surface area contributed by atoms with Crippen molar-refractivity contribution >= 4 is 11.9 Å². The molecule has 36 heavy (non-hydrogen) atoms. The molecule has 0 aliphatic heterocycles. The first-order valence-corrected chi connectivity index (χ1v) is 12.9. The fraction of sp³-hybridized carbons (Fsp3) is 0.517. The van der Waals surface area contributed by atoms with Crippen molar-refractivity contribution in [3.8, 4) is 11.5 Å². The summed E-state index contributed by atoms with van der Waals surface area (Å²) >= 11 is 0. The Bertz CT molecular complexity index is 1010. The number of nitrogens with zero attached hydrogens (tertiary/aromatic N) is 1. The highest BCUT2D eigenvalue weighted by Crippen LogP contribution is 2.63. The van der Waals surface area contributed by atoms with Gasteiger partial charge in [0.05, 0.1) is 6.61 Å². The molecule has 3 saturated carbocycles. The Morgan fingerprint density at radius 3 is 2.06 bits per heavy atom. The molecule has 0 aromatic heterocycles. The SMILES string of the molecule is CCOC(=O)CCCN(CCOc1ccc(C)cc1)C12CC(NC(=O)COc3ccc(C)cc3)(C1)C2. The molecule has 0 atom stereocenters. The molecule has 3 aliphatic carbocycles. The molecule has 2 bridgehead atoms. The lowest BCUT2D eigenvalue weighted by Crippen LogP contribution is -2.84. The van der Waals surface area contributed by atoms with Crippen molar-refractivity contribution in [2.24, 2.45) is 0 Å². The highest BCUT2D eigenvalue weighted by molar-refractivity contribution is 5.79. The summed E-state index contributed by atoms with van der Waals surface area (Å²) < 4.78 is 16.7. The molecular formula is C29H38N2O5. The summed E-state index contributed by atoms with van der Waals surface area (Å²) in [5.74, 6) is 1.33. The minimum atomic E-state index is -0.150. The van der Waals surface area contributed by atoms with Gasteiger partial charge in [-0.3, -0.25) is 14.5 Å². The number of carbonyl (C=O) groups is 2. The van der Waals surface area contributed by atoms with E-state index in [2.05, 4.69) is 17.1 Å². The highest BCUT2D eigenvalue weighted by Gasteiger charge is 2.70. The smallest absolute Gasteiger partial charge is 0.305 e. The van der Waals surface area contributed by atoms with E-state index < -0.39 is 0 Å². The summed E-state index contributed by atoms with van der Waals surface area (Å²) in [5, 5.41) is 3.20. The predicted molar refractivity (Wildman–Crippen MR) is 138 cm³/mol. The standard InChI is InChI=1S/C29H38N2O5/c1-4-34-27(33)6-5-15-31(16-17-35-24-11-7-22(2)8-12-24)29-19-28(20-29,21-29)30-26(32)18-36-25-13-9-23(3)10-14-25/h7-14H,4-6,15-21H2,1-3H3,(H,30,32). The van der Waals surface area contributed by atoms with E-state index in [1.165, 1.54) is 5.56 Å². The van der Waals surface area contributed by atoms with Crippen LogP contribution in [0.2, 0.25) is 0 Å². The number of carbonyl (C=O) groups excluding carboxylic acids is 2. The zero-order valence-electron chi connectivity index (χ0n) is 21.7. The number of benzene rings is 2. The number of amides is 1. The van der Waals surface area contributed by atoms with E-state index in [0.717, 1.165) is 50.1 Å². The Hall–Kier alpha value is -3.06. The van der Waals surface area contributed by atoms with Crippen molar-refractivity contribution < 1.29 is 23.8 Å². The molecule has 3 aliphatic rings. The normalized spacial score (nSPS) is 21.8. The first-order chi connectivity index (χ1) is 17.3. The third kappa shape index (κ3) is 6.38. The van der Waals surface area contributed by atoms with Crippen molar-refractivity contribution in [3.63, 3.8) is 0 Å². The van der Waals surface area contributed by atoms with Crippen LogP contribution in [0.1, 0.15) is 50.2 Å². The van der Waals surface area contributed by atoms with Crippen LogP contribution in [0, 0.1) is 13.8 Å². The van der Waals surface area contributed by atoms with Gasteiger partial charge in [0.25, 0.3) is 5.91 Å². The van der Waals surface area contributed by atoms with Crippen LogP contribution in [0.5, 0.6) is 11.5 Å². The number of aryl methyl sites for hydroxylation is 2. The number of hydrogen-bond donors (Lipinski definition) is 1. The fourth-order valence-electron chi connectivity index (χ4n) is 5.46. The molecule has 1 amide bonds. The Balaban J connectivity index is 1.26. The molecule has 1 N–H and O–H groups in total. The van der Waals surface area contributed by atoms with E-state index in [1.54, 1.807) is 0 Å². The molecule has 3 fully saturated rings. The molecule has 0 spiro atoms. The van der Waals surface area contributed by atoms with Gasteiger partial charge in [-0.05, 0) is 77.3 Å². The van der Waals surface area contributed by atoms with Crippen LogP contribution in [0.4, 0.5) is 0 Å². The van der Waals surface area contributed by atoms with E-state index in [4.69, 9.17) is 14.2 Å². The summed E-state index contributed by atoms with van der Waals surface area (Å²) in [5.41, 5.74) is 2.29. The van der Waals surface area contributed by atoms with Crippen LogP contribution in [0.25, 0.3) is 0 Å². The van der Waals surface area contributed by atoms with Crippen LogP contribution in [-0.4, -0.2) is 60.8 Å². The largest absolute Gasteiger partial charge is 0.492 e. The maximum Gasteiger partial charge on any atom is 0.305 e. The van der Waals surface area contributed by atoms with E-state index >= 15 is 0 Å². The van der Waals surface area contributed by atoms with Crippen molar-refractivity contribution in [3.05, 3.63) is 59.7 Å². The minimum Gasteiger partial charge on any atom is -0.492 e. The van der Waals surface area contributed by atoms with Gasteiger partial charge in [0, 0.05) is 24.0 Å². The molecule has 194 valence electrons. The number of hydrogen-bond acceptors (Lipinski definition) is 6. The zero-order valence-corrected chi connectivity index (χ0v) is 21.7. The maximum atomic E-state index is 12.5. The van der Waals surface area contributed by atoms with Crippen molar-refractivity contribution in [2.75, 3.05) is 32.9 Å². The van der Waals surface area contributed by atoms with Crippen LogP contribution in [0.15, 0.2) is 48.5 Å². The number of ether oxygens (including phenoxy) is 3. The number of nitrogens with one attached hydrogen (secondary N) is 1. The first-order valence-electron chi connectivity index (χ1n) is 12.9. The average Bonchev–Trinajstić information content (AvgIpc) is 2.81. The molecule has 0 radical (unpaired) electrons. The summed E-state index contributed by atoms with van der Waals surface area (Å²) in [6.07, 6.45) is 3.91. The monoisotopic (exact) mass is 494 g/mol. The molecule has 7 nitrogen and oxygen atoms in total. The summed E-state index contributed by atoms with van der Waals surface area (Å²) in [6.45, 7) is 8.49. The maximum absolute atomic E-state index is 12.5. The van der Waals surface area contributed by atoms with Gasteiger partial charge < -0.3 is 19.5 Å². The number of esters is 1. The highest BCUT2D eigenvalue weighted by atomic mass is 16.5. The van der Waals surface area contributed by atoms with Gasteiger partial charge in [-0.15, -0.1) is 0 Å². The van der Waals surface area contributed by atoms with Crippen LogP contribution in [0.3, 0.4) is 0 Å². The lowest BCUT2D eigenvalue weighted by atomic mass is 9.43. The molecular weight excluding hydrogens is 456 g/mol. The minimum absolute atomic E-state index is 0.0193. The van der Waals surface area contributed by atoms with Crippen molar-refractivity contribution in [2.45, 2.75) is 64.0 Å². The lowest BCUT2D eigenvalue weighted by molar-refractivity contribution is -0.186. The Morgan fingerprint density at radius 1 is 0.889 bits per heavy atom. The Morgan fingerprint density at radius 2 is 1.47 bits per heavy atom. The van der Waals surface area contributed by atoms with E-state index in [1.807, 2.05) is 62.4 Å². The van der Waals surface area contributed by atoms with Crippen molar-refractivity contribution in [1.29, 1.82) is 0 Å². The van der Waals surface area contributed by atoms with E-state index in [9.17, 15) is 9.59 Å². The quantitative estimate of drug-likeness (QED) is 0.397.